The highest BCUT2D eigenvalue weighted by Crippen LogP contribution is 2.30. The normalized spacial score (nSPS) is 18.4. The van der Waals surface area contributed by atoms with Crippen LogP contribution in [0.4, 0.5) is 21.3 Å². The number of carbonyl (C=O) groups is 1. The molecule has 1 aromatic carbocycles. The SMILES string of the molecule is Cc1ccc(NC(=O)Nc2ncc(CN3CCN(C)CC3)s2)c(N2CCCCC2)c1. The maximum absolute atomic E-state index is 12.6. The number of hydrogen-bond acceptors (Lipinski definition) is 6. The van der Waals surface area contributed by atoms with Gasteiger partial charge in [-0.15, -0.1) is 11.3 Å². The molecule has 0 atom stereocenters. The number of piperazine rings is 1. The fourth-order valence-electron chi connectivity index (χ4n) is 4.06. The summed E-state index contributed by atoms with van der Waals surface area (Å²) in [4.78, 5) is 25.4. The van der Waals surface area contributed by atoms with Crippen LogP contribution in [0.25, 0.3) is 0 Å². The van der Waals surface area contributed by atoms with Gasteiger partial charge in [-0.05, 0) is 50.9 Å². The highest BCUT2D eigenvalue weighted by atomic mass is 32.1. The average molecular weight is 429 g/mol. The molecular formula is C22H32N6OS. The van der Waals surface area contributed by atoms with Crippen molar-refractivity contribution in [3.63, 3.8) is 0 Å². The Bertz CT molecular complexity index is 855. The van der Waals surface area contributed by atoms with Gasteiger partial charge in [0, 0.05) is 56.9 Å². The zero-order chi connectivity index (χ0) is 20.9. The summed E-state index contributed by atoms with van der Waals surface area (Å²) in [6.07, 6.45) is 5.57. The van der Waals surface area contributed by atoms with Crippen LogP contribution in [0.3, 0.4) is 0 Å². The number of thiazole rings is 1. The quantitative estimate of drug-likeness (QED) is 0.758. The zero-order valence-electron chi connectivity index (χ0n) is 18.0. The summed E-state index contributed by atoms with van der Waals surface area (Å²) in [6.45, 7) is 9.42. The van der Waals surface area contributed by atoms with Crippen molar-refractivity contribution in [2.75, 3.05) is 61.8 Å². The second-order valence-electron chi connectivity index (χ2n) is 8.36. The molecule has 2 fully saturated rings. The second kappa shape index (κ2) is 9.76. The highest BCUT2D eigenvalue weighted by molar-refractivity contribution is 7.15. The van der Waals surface area contributed by atoms with Gasteiger partial charge in [-0.3, -0.25) is 10.2 Å². The lowest BCUT2D eigenvalue weighted by atomic mass is 10.1. The van der Waals surface area contributed by atoms with Gasteiger partial charge in [-0.25, -0.2) is 9.78 Å². The zero-order valence-corrected chi connectivity index (χ0v) is 18.8. The summed E-state index contributed by atoms with van der Waals surface area (Å²) >= 11 is 1.55. The molecule has 0 aliphatic carbocycles. The molecular weight excluding hydrogens is 396 g/mol. The van der Waals surface area contributed by atoms with Crippen molar-refractivity contribution in [2.24, 2.45) is 0 Å². The molecule has 0 radical (unpaired) electrons. The Morgan fingerprint density at radius 2 is 1.83 bits per heavy atom. The number of likely N-dealkylation sites (N-methyl/N-ethyl adjacent to an activating group) is 1. The molecule has 1 aromatic heterocycles. The summed E-state index contributed by atoms with van der Waals surface area (Å²) in [6, 6.07) is 5.97. The third kappa shape index (κ3) is 5.50. The van der Waals surface area contributed by atoms with Crippen LogP contribution in [0.15, 0.2) is 24.4 Å². The largest absolute Gasteiger partial charge is 0.370 e. The van der Waals surface area contributed by atoms with Crippen molar-refractivity contribution >= 4 is 33.9 Å². The Morgan fingerprint density at radius 1 is 1.07 bits per heavy atom. The lowest BCUT2D eigenvalue weighted by Gasteiger charge is -2.31. The molecule has 7 nitrogen and oxygen atoms in total. The first kappa shape index (κ1) is 21.1. The number of nitrogens with one attached hydrogen (secondary N) is 2. The molecule has 162 valence electrons. The summed E-state index contributed by atoms with van der Waals surface area (Å²) in [5.74, 6) is 0. The van der Waals surface area contributed by atoms with E-state index in [2.05, 4.69) is 50.4 Å². The fraction of sp³-hybridized carbons (Fsp3) is 0.545. The van der Waals surface area contributed by atoms with Crippen LogP contribution >= 0.6 is 11.3 Å². The Balaban J connectivity index is 1.35. The number of nitrogens with zero attached hydrogens (tertiary/aromatic N) is 4. The molecule has 0 spiro atoms. The van der Waals surface area contributed by atoms with E-state index in [1.54, 1.807) is 11.3 Å². The summed E-state index contributed by atoms with van der Waals surface area (Å²) in [5.41, 5.74) is 3.17. The Labute approximate surface area is 183 Å². The minimum Gasteiger partial charge on any atom is -0.370 e. The number of amides is 2. The molecule has 2 saturated heterocycles. The first-order chi connectivity index (χ1) is 14.6. The summed E-state index contributed by atoms with van der Waals surface area (Å²) in [7, 11) is 2.16. The number of aryl methyl sites for hydroxylation is 1. The van der Waals surface area contributed by atoms with E-state index in [4.69, 9.17) is 0 Å². The van der Waals surface area contributed by atoms with Gasteiger partial charge in [0.2, 0.25) is 0 Å². The topological polar surface area (TPSA) is 63.7 Å². The summed E-state index contributed by atoms with van der Waals surface area (Å²) < 4.78 is 0. The van der Waals surface area contributed by atoms with Gasteiger partial charge in [0.15, 0.2) is 5.13 Å². The molecule has 3 heterocycles. The number of carbonyl (C=O) groups excluding carboxylic acids is 1. The molecule has 2 N–H and O–H groups in total. The van der Waals surface area contributed by atoms with E-state index in [9.17, 15) is 4.79 Å². The molecule has 8 heteroatoms. The third-order valence-electron chi connectivity index (χ3n) is 5.85. The lowest BCUT2D eigenvalue weighted by molar-refractivity contribution is 0.149. The Morgan fingerprint density at radius 3 is 2.60 bits per heavy atom. The van der Waals surface area contributed by atoms with Crippen LogP contribution in [0.5, 0.6) is 0 Å². The standard InChI is InChI=1S/C22H32N6OS/c1-17-6-7-19(20(14-17)28-8-4-3-5-9-28)24-21(29)25-22-23-15-18(30-22)16-27-12-10-26(2)11-13-27/h6-7,14-15H,3-5,8-13,16H2,1-2H3,(H2,23,24,25,29). The lowest BCUT2D eigenvalue weighted by Crippen LogP contribution is -2.43. The van der Waals surface area contributed by atoms with Gasteiger partial charge in [-0.2, -0.15) is 0 Å². The van der Waals surface area contributed by atoms with E-state index in [0.29, 0.717) is 5.13 Å². The predicted octanol–water partition coefficient (Wildman–Crippen LogP) is 3.83. The first-order valence-electron chi connectivity index (χ1n) is 10.9. The van der Waals surface area contributed by atoms with Crippen molar-refractivity contribution in [3.8, 4) is 0 Å². The van der Waals surface area contributed by atoms with E-state index in [1.165, 1.54) is 29.7 Å². The van der Waals surface area contributed by atoms with Crippen LogP contribution in [0.2, 0.25) is 0 Å². The van der Waals surface area contributed by atoms with Gasteiger partial charge in [-0.1, -0.05) is 6.07 Å². The van der Waals surface area contributed by atoms with Crippen LogP contribution in [0.1, 0.15) is 29.7 Å². The van der Waals surface area contributed by atoms with Crippen molar-refractivity contribution in [1.82, 2.24) is 14.8 Å². The number of urea groups is 1. The smallest absolute Gasteiger partial charge is 0.325 e. The number of aromatic nitrogens is 1. The number of anilines is 3. The number of rotatable bonds is 5. The molecule has 4 rings (SSSR count). The second-order valence-corrected chi connectivity index (χ2v) is 9.47. The summed E-state index contributed by atoms with van der Waals surface area (Å²) in [5, 5.41) is 6.59. The van der Waals surface area contributed by atoms with Crippen LogP contribution < -0.4 is 15.5 Å². The van der Waals surface area contributed by atoms with E-state index in [-0.39, 0.29) is 6.03 Å². The maximum Gasteiger partial charge on any atom is 0.325 e. The molecule has 0 unspecified atom stereocenters. The number of hydrogen-bond donors (Lipinski definition) is 2. The van der Waals surface area contributed by atoms with Crippen LogP contribution in [-0.2, 0) is 6.54 Å². The molecule has 2 amide bonds. The molecule has 0 saturated carbocycles. The molecule has 30 heavy (non-hydrogen) atoms. The monoisotopic (exact) mass is 428 g/mol. The Hall–Kier alpha value is -2.16. The van der Waals surface area contributed by atoms with E-state index in [1.807, 2.05) is 18.3 Å². The van der Waals surface area contributed by atoms with Gasteiger partial charge < -0.3 is 15.1 Å². The Kier molecular flexibility index (Phi) is 6.86. The van der Waals surface area contributed by atoms with Crippen molar-refractivity contribution in [3.05, 3.63) is 34.8 Å². The molecule has 2 aromatic rings. The molecule has 2 aliphatic rings. The van der Waals surface area contributed by atoms with Gasteiger partial charge in [0.05, 0.1) is 11.4 Å². The van der Waals surface area contributed by atoms with Gasteiger partial charge >= 0.3 is 6.03 Å². The minimum absolute atomic E-state index is 0.238. The molecule has 0 bridgehead atoms. The number of piperidine rings is 1. The number of benzene rings is 1. The van der Waals surface area contributed by atoms with E-state index < -0.39 is 0 Å². The first-order valence-corrected chi connectivity index (χ1v) is 11.7. The minimum atomic E-state index is -0.238. The maximum atomic E-state index is 12.6. The van der Waals surface area contributed by atoms with Crippen molar-refractivity contribution in [1.29, 1.82) is 0 Å². The average Bonchev–Trinajstić information content (AvgIpc) is 3.18. The van der Waals surface area contributed by atoms with Gasteiger partial charge in [0.1, 0.15) is 0 Å². The highest BCUT2D eigenvalue weighted by Gasteiger charge is 2.18. The van der Waals surface area contributed by atoms with Crippen molar-refractivity contribution < 1.29 is 4.79 Å². The van der Waals surface area contributed by atoms with E-state index >= 15 is 0 Å². The van der Waals surface area contributed by atoms with Crippen LogP contribution in [-0.4, -0.2) is 67.1 Å². The van der Waals surface area contributed by atoms with E-state index in [0.717, 1.165) is 57.2 Å². The fourth-order valence-corrected chi connectivity index (χ4v) is 4.91. The molecule has 2 aliphatic heterocycles. The van der Waals surface area contributed by atoms with Crippen LogP contribution in [0, 0.1) is 6.92 Å². The van der Waals surface area contributed by atoms with Crippen molar-refractivity contribution in [2.45, 2.75) is 32.7 Å². The predicted molar refractivity (Wildman–Crippen MR) is 125 cm³/mol. The third-order valence-corrected chi connectivity index (χ3v) is 6.75. The van der Waals surface area contributed by atoms with Gasteiger partial charge in [0.25, 0.3) is 0 Å².